The highest BCUT2D eigenvalue weighted by atomic mass is 35.5. The molecule has 0 radical (unpaired) electrons. The molecule has 0 bridgehead atoms. The van der Waals surface area contributed by atoms with Gasteiger partial charge in [0.15, 0.2) is 6.61 Å². The summed E-state index contributed by atoms with van der Waals surface area (Å²) in [5, 5.41) is 5.62. The van der Waals surface area contributed by atoms with Gasteiger partial charge in [-0.3, -0.25) is 4.79 Å². The zero-order valence-corrected chi connectivity index (χ0v) is 11.2. The van der Waals surface area contributed by atoms with Crippen LogP contribution in [0.25, 0.3) is 0 Å². The van der Waals surface area contributed by atoms with Gasteiger partial charge < -0.3 is 20.1 Å². The average molecular weight is 287 g/mol. The molecular formula is C12H15ClN2O4. The fourth-order valence-electron chi connectivity index (χ4n) is 1.17. The molecule has 1 aromatic carbocycles. The number of benzene rings is 1. The predicted molar refractivity (Wildman–Crippen MR) is 70.4 cm³/mol. The number of carbonyl (C=O) groups is 2. The van der Waals surface area contributed by atoms with E-state index in [4.69, 9.17) is 16.3 Å². The fourth-order valence-corrected chi connectivity index (χ4v) is 1.30. The van der Waals surface area contributed by atoms with E-state index in [9.17, 15) is 9.59 Å². The SMILES string of the molecule is COC(=O)NCCNC(=O)COc1ccc(Cl)cc1. The second-order valence-corrected chi connectivity index (χ2v) is 3.95. The topological polar surface area (TPSA) is 76.7 Å². The minimum Gasteiger partial charge on any atom is -0.484 e. The molecule has 0 aliphatic rings. The quantitative estimate of drug-likeness (QED) is 0.770. The van der Waals surface area contributed by atoms with Crippen LogP contribution in [0.4, 0.5) is 4.79 Å². The van der Waals surface area contributed by atoms with Gasteiger partial charge in [-0.1, -0.05) is 11.6 Å². The number of rotatable bonds is 6. The predicted octanol–water partition coefficient (Wildman–Crippen LogP) is 1.19. The Kier molecular flexibility index (Phi) is 6.52. The first-order valence-corrected chi connectivity index (χ1v) is 5.96. The van der Waals surface area contributed by atoms with Crippen LogP contribution in [0.3, 0.4) is 0 Å². The standard InChI is InChI=1S/C12H15ClN2O4/c1-18-12(17)15-7-6-14-11(16)8-19-10-4-2-9(13)3-5-10/h2-5H,6-8H2,1H3,(H,14,16)(H,15,17). The van der Waals surface area contributed by atoms with Crippen molar-refractivity contribution in [3.63, 3.8) is 0 Å². The third-order valence-electron chi connectivity index (χ3n) is 2.09. The Labute approximate surface area is 116 Å². The Morgan fingerprint density at radius 3 is 2.42 bits per heavy atom. The van der Waals surface area contributed by atoms with Crippen molar-refractivity contribution < 1.29 is 19.1 Å². The van der Waals surface area contributed by atoms with Crippen LogP contribution >= 0.6 is 11.6 Å². The maximum Gasteiger partial charge on any atom is 0.406 e. The zero-order valence-electron chi connectivity index (χ0n) is 10.4. The summed E-state index contributed by atoms with van der Waals surface area (Å²) in [6, 6.07) is 6.70. The van der Waals surface area contributed by atoms with Gasteiger partial charge in [0.05, 0.1) is 7.11 Å². The van der Waals surface area contributed by atoms with Crippen molar-refractivity contribution >= 4 is 23.6 Å². The highest BCUT2D eigenvalue weighted by Crippen LogP contribution is 2.15. The van der Waals surface area contributed by atoms with E-state index in [1.807, 2.05) is 0 Å². The van der Waals surface area contributed by atoms with Crippen LogP contribution in [0.2, 0.25) is 5.02 Å². The summed E-state index contributed by atoms with van der Waals surface area (Å²) in [6.45, 7) is 0.497. The summed E-state index contributed by atoms with van der Waals surface area (Å²) in [4.78, 5) is 22.1. The second kappa shape index (κ2) is 8.20. The van der Waals surface area contributed by atoms with Crippen molar-refractivity contribution in [1.82, 2.24) is 10.6 Å². The maximum atomic E-state index is 11.4. The van der Waals surface area contributed by atoms with Crippen LogP contribution in [0.15, 0.2) is 24.3 Å². The van der Waals surface area contributed by atoms with Gasteiger partial charge in [-0.2, -0.15) is 0 Å². The molecule has 7 heteroatoms. The number of ether oxygens (including phenoxy) is 2. The molecule has 1 rings (SSSR count). The van der Waals surface area contributed by atoms with Crippen molar-refractivity contribution in [2.75, 3.05) is 26.8 Å². The van der Waals surface area contributed by atoms with Crippen LogP contribution < -0.4 is 15.4 Å². The first-order chi connectivity index (χ1) is 9.11. The number of alkyl carbamates (subject to hydrolysis) is 1. The molecule has 0 atom stereocenters. The summed E-state index contributed by atoms with van der Waals surface area (Å²) >= 11 is 5.72. The van der Waals surface area contributed by atoms with E-state index >= 15 is 0 Å². The van der Waals surface area contributed by atoms with Crippen molar-refractivity contribution in [3.05, 3.63) is 29.3 Å². The Morgan fingerprint density at radius 2 is 1.79 bits per heavy atom. The minimum atomic E-state index is -0.535. The molecule has 19 heavy (non-hydrogen) atoms. The van der Waals surface area contributed by atoms with Gasteiger partial charge in [-0.15, -0.1) is 0 Å². The fraction of sp³-hybridized carbons (Fsp3) is 0.333. The van der Waals surface area contributed by atoms with Crippen molar-refractivity contribution in [2.24, 2.45) is 0 Å². The average Bonchev–Trinajstić information content (AvgIpc) is 2.42. The first-order valence-electron chi connectivity index (χ1n) is 5.58. The lowest BCUT2D eigenvalue weighted by molar-refractivity contribution is -0.123. The van der Waals surface area contributed by atoms with E-state index in [0.717, 1.165) is 0 Å². The summed E-state index contributed by atoms with van der Waals surface area (Å²) in [7, 11) is 1.27. The van der Waals surface area contributed by atoms with Gasteiger partial charge in [-0.05, 0) is 24.3 Å². The van der Waals surface area contributed by atoms with Crippen molar-refractivity contribution in [3.8, 4) is 5.75 Å². The second-order valence-electron chi connectivity index (χ2n) is 3.51. The normalized spacial score (nSPS) is 9.58. The van der Waals surface area contributed by atoms with Gasteiger partial charge in [0, 0.05) is 18.1 Å². The Morgan fingerprint density at radius 1 is 1.16 bits per heavy atom. The molecule has 0 spiro atoms. The minimum absolute atomic E-state index is 0.0974. The Hall–Kier alpha value is -1.95. The molecule has 0 aliphatic carbocycles. The van der Waals surface area contributed by atoms with Gasteiger partial charge in [0.2, 0.25) is 0 Å². The third kappa shape index (κ3) is 6.52. The lowest BCUT2D eigenvalue weighted by Crippen LogP contribution is -2.36. The lowest BCUT2D eigenvalue weighted by atomic mass is 10.3. The monoisotopic (exact) mass is 286 g/mol. The summed E-state index contributed by atoms with van der Waals surface area (Å²) in [6.07, 6.45) is -0.535. The molecule has 2 amide bonds. The highest BCUT2D eigenvalue weighted by molar-refractivity contribution is 6.30. The molecule has 0 unspecified atom stereocenters. The van der Waals surface area contributed by atoms with Crippen molar-refractivity contribution in [1.29, 1.82) is 0 Å². The van der Waals surface area contributed by atoms with E-state index in [1.165, 1.54) is 7.11 Å². The molecule has 0 fully saturated rings. The van der Waals surface area contributed by atoms with Crippen molar-refractivity contribution in [2.45, 2.75) is 0 Å². The Balaban J connectivity index is 2.14. The van der Waals surface area contributed by atoms with E-state index < -0.39 is 6.09 Å². The van der Waals surface area contributed by atoms with Crippen LogP contribution in [-0.2, 0) is 9.53 Å². The van der Waals surface area contributed by atoms with Crippen LogP contribution in [0.5, 0.6) is 5.75 Å². The van der Waals surface area contributed by atoms with E-state index in [2.05, 4.69) is 15.4 Å². The number of carbonyl (C=O) groups excluding carboxylic acids is 2. The maximum absolute atomic E-state index is 11.4. The molecule has 0 heterocycles. The van der Waals surface area contributed by atoms with Gasteiger partial charge in [0.25, 0.3) is 5.91 Å². The van der Waals surface area contributed by atoms with Crippen LogP contribution in [-0.4, -0.2) is 38.8 Å². The number of hydrogen-bond donors (Lipinski definition) is 2. The Bertz CT molecular complexity index is 422. The van der Waals surface area contributed by atoms with Gasteiger partial charge in [-0.25, -0.2) is 4.79 Å². The summed E-state index contributed by atoms with van der Waals surface area (Å²) in [5.74, 6) is 0.286. The molecule has 0 saturated carbocycles. The number of hydrogen-bond acceptors (Lipinski definition) is 4. The van der Waals surface area contributed by atoms with E-state index in [-0.39, 0.29) is 12.5 Å². The smallest absolute Gasteiger partial charge is 0.406 e. The zero-order chi connectivity index (χ0) is 14.1. The lowest BCUT2D eigenvalue weighted by Gasteiger charge is -2.08. The molecule has 104 valence electrons. The molecule has 0 aromatic heterocycles. The highest BCUT2D eigenvalue weighted by Gasteiger charge is 2.03. The van der Waals surface area contributed by atoms with Gasteiger partial charge in [0.1, 0.15) is 5.75 Å². The third-order valence-corrected chi connectivity index (χ3v) is 2.34. The van der Waals surface area contributed by atoms with Gasteiger partial charge >= 0.3 is 6.09 Å². The number of amides is 2. The molecule has 6 nitrogen and oxygen atoms in total. The molecule has 1 aromatic rings. The summed E-state index contributed by atoms with van der Waals surface area (Å²) < 4.78 is 9.61. The van der Waals surface area contributed by atoms with E-state index in [1.54, 1.807) is 24.3 Å². The van der Waals surface area contributed by atoms with Crippen LogP contribution in [0, 0.1) is 0 Å². The molecule has 0 aliphatic heterocycles. The first kappa shape index (κ1) is 15.1. The van der Waals surface area contributed by atoms with Crippen LogP contribution in [0.1, 0.15) is 0 Å². The summed E-state index contributed by atoms with van der Waals surface area (Å²) in [5.41, 5.74) is 0. The largest absolute Gasteiger partial charge is 0.484 e. The number of methoxy groups -OCH3 is 1. The molecule has 2 N–H and O–H groups in total. The molecule has 0 saturated heterocycles. The number of halogens is 1. The number of nitrogens with one attached hydrogen (secondary N) is 2. The molecular weight excluding hydrogens is 272 g/mol. The van der Waals surface area contributed by atoms with E-state index in [0.29, 0.717) is 23.9 Å².